The van der Waals surface area contributed by atoms with Gasteiger partial charge in [-0.1, -0.05) is 30.3 Å². The highest BCUT2D eigenvalue weighted by molar-refractivity contribution is 5.98. The molecule has 4 heteroatoms. The summed E-state index contributed by atoms with van der Waals surface area (Å²) in [6.45, 7) is 1.95. The Kier molecular flexibility index (Phi) is 2.04. The van der Waals surface area contributed by atoms with Crippen molar-refractivity contribution in [2.24, 2.45) is 0 Å². The van der Waals surface area contributed by atoms with Crippen LogP contribution in [0.15, 0.2) is 30.3 Å². The van der Waals surface area contributed by atoms with E-state index >= 15 is 0 Å². The van der Waals surface area contributed by atoms with Gasteiger partial charge in [-0.25, -0.2) is 0 Å². The molecular formula is C13H13N3O. The Morgan fingerprint density at radius 1 is 1.29 bits per heavy atom. The molecule has 2 heterocycles. The summed E-state index contributed by atoms with van der Waals surface area (Å²) in [6, 6.07) is 10.0. The highest BCUT2D eigenvalue weighted by Gasteiger charge is 2.38. The van der Waals surface area contributed by atoms with E-state index in [1.165, 1.54) is 0 Å². The predicted octanol–water partition coefficient (Wildman–Crippen LogP) is 1.89. The van der Waals surface area contributed by atoms with Crippen molar-refractivity contribution in [2.75, 3.05) is 7.05 Å². The van der Waals surface area contributed by atoms with Crippen molar-refractivity contribution in [3.8, 4) is 0 Å². The first-order valence-electron chi connectivity index (χ1n) is 5.57. The van der Waals surface area contributed by atoms with Crippen LogP contribution in [0, 0.1) is 6.92 Å². The van der Waals surface area contributed by atoms with E-state index in [-0.39, 0.29) is 11.9 Å². The van der Waals surface area contributed by atoms with Crippen LogP contribution in [0.2, 0.25) is 0 Å². The molecule has 0 saturated carbocycles. The van der Waals surface area contributed by atoms with Crippen molar-refractivity contribution >= 4 is 5.91 Å². The van der Waals surface area contributed by atoms with Crippen LogP contribution in [-0.4, -0.2) is 28.1 Å². The van der Waals surface area contributed by atoms with Gasteiger partial charge in [-0.2, -0.15) is 5.10 Å². The van der Waals surface area contributed by atoms with Gasteiger partial charge in [0, 0.05) is 18.3 Å². The number of amides is 1. The quantitative estimate of drug-likeness (QED) is 0.808. The third kappa shape index (κ3) is 1.30. The first-order chi connectivity index (χ1) is 8.20. The molecule has 1 N–H and O–H groups in total. The Morgan fingerprint density at radius 3 is 2.71 bits per heavy atom. The third-order valence-corrected chi connectivity index (χ3v) is 3.29. The lowest BCUT2D eigenvalue weighted by molar-refractivity contribution is 0.0787. The topological polar surface area (TPSA) is 49.0 Å². The normalized spacial score (nSPS) is 18.6. The van der Waals surface area contributed by atoms with Crippen LogP contribution in [0.25, 0.3) is 0 Å². The minimum Gasteiger partial charge on any atom is -0.329 e. The molecule has 1 amide bonds. The zero-order chi connectivity index (χ0) is 12.0. The third-order valence-electron chi connectivity index (χ3n) is 3.29. The second-order valence-electron chi connectivity index (χ2n) is 4.34. The fourth-order valence-corrected chi connectivity index (χ4v) is 2.44. The number of carbonyl (C=O) groups is 1. The molecule has 1 unspecified atom stereocenters. The van der Waals surface area contributed by atoms with Crippen LogP contribution in [0.1, 0.15) is 33.4 Å². The van der Waals surface area contributed by atoms with Crippen molar-refractivity contribution in [3.63, 3.8) is 0 Å². The van der Waals surface area contributed by atoms with Crippen LogP contribution in [0.5, 0.6) is 0 Å². The van der Waals surface area contributed by atoms with Crippen molar-refractivity contribution in [1.82, 2.24) is 15.1 Å². The molecule has 0 saturated heterocycles. The molecular weight excluding hydrogens is 214 g/mol. The lowest BCUT2D eigenvalue weighted by atomic mass is 10.00. The fraction of sp³-hybridized carbons (Fsp3) is 0.231. The lowest BCUT2D eigenvalue weighted by Crippen LogP contribution is -2.24. The number of H-pyrrole nitrogens is 1. The average Bonchev–Trinajstić information content (AvgIpc) is 2.83. The van der Waals surface area contributed by atoms with Crippen molar-refractivity contribution in [3.05, 3.63) is 52.8 Å². The Morgan fingerprint density at radius 2 is 2.00 bits per heavy atom. The summed E-state index contributed by atoms with van der Waals surface area (Å²) in [5, 5.41) is 6.98. The maximum Gasteiger partial charge on any atom is 0.275 e. The summed E-state index contributed by atoms with van der Waals surface area (Å²) in [5.74, 6) is -0.0156. The number of nitrogens with one attached hydrogen (secondary N) is 1. The van der Waals surface area contributed by atoms with Gasteiger partial charge in [-0.3, -0.25) is 9.89 Å². The van der Waals surface area contributed by atoms with E-state index < -0.39 is 0 Å². The van der Waals surface area contributed by atoms with E-state index in [9.17, 15) is 4.79 Å². The molecule has 1 atom stereocenters. The van der Waals surface area contributed by atoms with Crippen LogP contribution >= 0.6 is 0 Å². The highest BCUT2D eigenvalue weighted by Crippen LogP contribution is 2.37. The van der Waals surface area contributed by atoms with Crippen molar-refractivity contribution in [2.45, 2.75) is 13.0 Å². The molecule has 0 fully saturated rings. The average molecular weight is 227 g/mol. The van der Waals surface area contributed by atoms with E-state index in [0.717, 1.165) is 16.8 Å². The number of carbonyl (C=O) groups excluding carboxylic acids is 1. The summed E-state index contributed by atoms with van der Waals surface area (Å²) >= 11 is 0. The molecule has 4 nitrogen and oxygen atoms in total. The molecule has 0 spiro atoms. The highest BCUT2D eigenvalue weighted by atomic mass is 16.2. The molecule has 86 valence electrons. The van der Waals surface area contributed by atoms with Gasteiger partial charge in [0.15, 0.2) is 5.69 Å². The summed E-state index contributed by atoms with van der Waals surface area (Å²) in [5.41, 5.74) is 3.64. The second kappa shape index (κ2) is 3.45. The first kappa shape index (κ1) is 10.1. The van der Waals surface area contributed by atoms with Gasteiger partial charge in [0.2, 0.25) is 0 Å². The zero-order valence-corrected chi connectivity index (χ0v) is 9.77. The van der Waals surface area contributed by atoms with Gasteiger partial charge in [-0.15, -0.1) is 0 Å². The lowest BCUT2D eigenvalue weighted by Gasteiger charge is -2.21. The number of nitrogens with zero attached hydrogens (tertiary/aromatic N) is 2. The maximum atomic E-state index is 12.0. The Bertz CT molecular complexity index is 574. The first-order valence-corrected chi connectivity index (χ1v) is 5.57. The van der Waals surface area contributed by atoms with Crippen LogP contribution in [0.3, 0.4) is 0 Å². The van der Waals surface area contributed by atoms with E-state index in [1.54, 1.807) is 4.90 Å². The van der Waals surface area contributed by atoms with Crippen LogP contribution in [0.4, 0.5) is 0 Å². The fourth-order valence-electron chi connectivity index (χ4n) is 2.44. The summed E-state index contributed by atoms with van der Waals surface area (Å²) in [4.78, 5) is 13.8. The number of rotatable bonds is 1. The van der Waals surface area contributed by atoms with Gasteiger partial charge in [0.25, 0.3) is 5.91 Å². The van der Waals surface area contributed by atoms with Crippen molar-refractivity contribution < 1.29 is 4.79 Å². The van der Waals surface area contributed by atoms with E-state index in [2.05, 4.69) is 10.2 Å². The van der Waals surface area contributed by atoms with Gasteiger partial charge in [0.05, 0.1) is 6.04 Å². The molecule has 1 aromatic heterocycles. The number of aromatic amines is 1. The zero-order valence-electron chi connectivity index (χ0n) is 9.77. The minimum atomic E-state index is -0.0163. The second-order valence-corrected chi connectivity index (χ2v) is 4.34. The molecule has 0 radical (unpaired) electrons. The van der Waals surface area contributed by atoms with Gasteiger partial charge >= 0.3 is 0 Å². The summed E-state index contributed by atoms with van der Waals surface area (Å²) in [7, 11) is 1.82. The Balaban J connectivity index is 2.18. The number of aromatic nitrogens is 2. The molecule has 1 aliphatic rings. The standard InChI is InChI=1S/C13H13N3O/c1-8-10-11(15-14-8)13(17)16(2)12(10)9-6-4-3-5-7-9/h3-7,12H,1-2H3,(H,14,15). The Labute approximate surface area is 99.3 Å². The molecule has 1 aliphatic heterocycles. The van der Waals surface area contributed by atoms with Gasteiger partial charge in [-0.05, 0) is 12.5 Å². The monoisotopic (exact) mass is 227 g/mol. The number of benzene rings is 1. The smallest absolute Gasteiger partial charge is 0.275 e. The molecule has 17 heavy (non-hydrogen) atoms. The van der Waals surface area contributed by atoms with Crippen molar-refractivity contribution in [1.29, 1.82) is 0 Å². The summed E-state index contributed by atoms with van der Waals surface area (Å²) < 4.78 is 0. The van der Waals surface area contributed by atoms with E-state index in [4.69, 9.17) is 0 Å². The molecule has 2 aromatic rings. The molecule has 3 rings (SSSR count). The largest absolute Gasteiger partial charge is 0.329 e. The SMILES string of the molecule is Cc1[nH]nc2c1C(c1ccccc1)N(C)C2=O. The maximum absolute atomic E-state index is 12.0. The number of hydrogen-bond donors (Lipinski definition) is 1. The predicted molar refractivity (Wildman–Crippen MR) is 63.7 cm³/mol. The van der Waals surface area contributed by atoms with E-state index in [0.29, 0.717) is 5.69 Å². The minimum absolute atomic E-state index is 0.0156. The van der Waals surface area contributed by atoms with Crippen LogP contribution in [-0.2, 0) is 0 Å². The molecule has 0 aliphatic carbocycles. The van der Waals surface area contributed by atoms with Gasteiger partial charge in [0.1, 0.15) is 0 Å². The molecule has 1 aromatic carbocycles. The number of fused-ring (bicyclic) bond motifs is 1. The number of aryl methyl sites for hydroxylation is 1. The summed E-state index contributed by atoms with van der Waals surface area (Å²) in [6.07, 6.45) is 0. The van der Waals surface area contributed by atoms with Crippen LogP contribution < -0.4 is 0 Å². The van der Waals surface area contributed by atoms with E-state index in [1.807, 2.05) is 44.3 Å². The number of hydrogen-bond acceptors (Lipinski definition) is 2. The Hall–Kier alpha value is -2.10. The van der Waals surface area contributed by atoms with Gasteiger partial charge < -0.3 is 4.90 Å². The molecule has 0 bridgehead atoms.